The van der Waals surface area contributed by atoms with E-state index in [2.05, 4.69) is 10.6 Å². The summed E-state index contributed by atoms with van der Waals surface area (Å²) in [6, 6.07) is -2.87. The largest absolute Gasteiger partial charge is 0.396 e. The zero-order valence-electron chi connectivity index (χ0n) is 31.1. The molecule has 2 aromatic rings. The predicted octanol–water partition coefficient (Wildman–Crippen LogP) is -0.0861. The van der Waals surface area contributed by atoms with Crippen LogP contribution in [0, 0.1) is 21.4 Å². The van der Waals surface area contributed by atoms with Crippen molar-refractivity contribution in [1.82, 2.24) is 9.80 Å². The van der Waals surface area contributed by atoms with Crippen molar-refractivity contribution >= 4 is 183 Å². The molecule has 0 saturated heterocycles. The van der Waals surface area contributed by atoms with Gasteiger partial charge < -0.3 is 68.1 Å². The van der Waals surface area contributed by atoms with Crippen LogP contribution < -0.4 is 22.1 Å². The number of amides is 8. The van der Waals surface area contributed by atoms with Gasteiger partial charge in [0.05, 0.1) is 87.5 Å². The summed E-state index contributed by atoms with van der Waals surface area (Å²) >= 11 is 10.3. The van der Waals surface area contributed by atoms with Crippen LogP contribution in [-0.4, -0.2) is 161 Å². The number of aliphatic hydroxyl groups excluding tert-OH is 9. The third kappa shape index (κ3) is 12.8. The second-order valence-electron chi connectivity index (χ2n) is 12.8. The minimum atomic E-state index is -1.97. The van der Waals surface area contributed by atoms with Gasteiger partial charge in [0.15, 0.2) is 0 Å². The molecular weight excluding hydrogens is 1480 g/mol. The smallest absolute Gasteiger partial charge is 0.321 e. The molecule has 0 heterocycles. The zero-order chi connectivity index (χ0) is 46.2. The first kappa shape index (κ1) is 55.4. The molecule has 0 fully saturated rings. The number of nitrogens with one attached hydrogen (secondary N) is 2. The molecule has 0 radical (unpaired) electrons. The van der Waals surface area contributed by atoms with Gasteiger partial charge in [0.1, 0.15) is 12.2 Å². The zero-order valence-corrected chi connectivity index (χ0v) is 44.0. The number of anilines is 2. The van der Waals surface area contributed by atoms with Crippen LogP contribution in [0.15, 0.2) is 0 Å². The van der Waals surface area contributed by atoms with Crippen molar-refractivity contribution in [1.29, 1.82) is 0 Å². The van der Waals surface area contributed by atoms with Gasteiger partial charge in [-0.2, -0.15) is 0 Å². The molecule has 0 aliphatic carbocycles. The third-order valence-corrected chi connectivity index (χ3v) is 15.3. The standard InChI is InChI=1S/C33H40I6N6O15/c1-9(50)28(55)42-26-22(36)16(12(5-46)14(53)7-48)20(34)18(24(26)38)30(57)44(32(40)59)3-11(52)4-45(33(41)60)31(58)19-21(35)17(13(6-47)15(54)8-49)23(37)27(25(19)39)43-29(56)10(2)51/h9-15,46-54H,3-8H2,1-2H3,(H2,40,59)(H2,41,60)(H,42,55)(H,43,56). The molecule has 2 rings (SSSR count). The Hall–Kier alpha value is -0.720. The number of nitrogens with zero attached hydrogens (tertiary/aromatic N) is 2. The Labute approximate surface area is 423 Å². The van der Waals surface area contributed by atoms with Gasteiger partial charge >= 0.3 is 12.1 Å². The van der Waals surface area contributed by atoms with Crippen molar-refractivity contribution in [2.24, 2.45) is 11.5 Å². The minimum absolute atomic E-state index is 0.0151. The molecule has 0 aliphatic heterocycles. The summed E-state index contributed by atoms with van der Waals surface area (Å²) in [6.45, 7) is -2.85. The Morgan fingerprint density at radius 3 is 1.07 bits per heavy atom. The lowest BCUT2D eigenvalue weighted by Gasteiger charge is -2.30. The van der Waals surface area contributed by atoms with Crippen LogP contribution in [-0.2, 0) is 9.59 Å². The first-order valence-electron chi connectivity index (χ1n) is 16.9. The van der Waals surface area contributed by atoms with Crippen LogP contribution in [0.4, 0.5) is 21.0 Å². The first-order valence-corrected chi connectivity index (χ1v) is 23.4. The summed E-state index contributed by atoms with van der Waals surface area (Å²) in [7, 11) is 0. The highest BCUT2D eigenvalue weighted by molar-refractivity contribution is 14.1. The van der Waals surface area contributed by atoms with Gasteiger partial charge in [-0.1, -0.05) is 0 Å². The van der Waals surface area contributed by atoms with E-state index in [9.17, 15) is 74.7 Å². The first-order chi connectivity index (χ1) is 27.9. The Balaban J connectivity index is 2.79. The fourth-order valence-electron chi connectivity index (χ4n) is 5.43. The van der Waals surface area contributed by atoms with Gasteiger partial charge in [0, 0.05) is 26.1 Å². The summed E-state index contributed by atoms with van der Waals surface area (Å²) in [5.74, 6) is -6.75. The Bertz CT molecular complexity index is 1860. The molecule has 6 unspecified atom stereocenters. The average Bonchev–Trinajstić information content (AvgIpc) is 3.17. The van der Waals surface area contributed by atoms with Crippen molar-refractivity contribution in [2.75, 3.05) is 50.2 Å². The number of carbonyl (C=O) groups is 6. The molecular formula is C33H40I6N6O15. The predicted molar refractivity (Wildman–Crippen MR) is 263 cm³/mol. The number of urea groups is 2. The molecule has 0 aromatic heterocycles. The van der Waals surface area contributed by atoms with Gasteiger partial charge in [-0.25, -0.2) is 9.59 Å². The minimum Gasteiger partial charge on any atom is -0.396 e. The highest BCUT2D eigenvalue weighted by Gasteiger charge is 2.38. The second kappa shape index (κ2) is 24.5. The van der Waals surface area contributed by atoms with Crippen molar-refractivity contribution < 1.29 is 74.7 Å². The topological polar surface area (TPSA) is 367 Å². The van der Waals surface area contributed by atoms with Gasteiger partial charge in [0.25, 0.3) is 23.6 Å². The lowest BCUT2D eigenvalue weighted by molar-refractivity contribution is -0.123. The van der Waals surface area contributed by atoms with Crippen LogP contribution in [0.5, 0.6) is 0 Å². The molecule has 27 heteroatoms. The maximum Gasteiger partial charge on any atom is 0.321 e. The van der Waals surface area contributed by atoms with Crippen molar-refractivity contribution in [2.45, 2.75) is 56.2 Å². The van der Waals surface area contributed by atoms with Crippen LogP contribution in [0.25, 0.3) is 0 Å². The number of benzene rings is 2. The van der Waals surface area contributed by atoms with Crippen molar-refractivity contribution in [3.63, 3.8) is 0 Å². The van der Waals surface area contributed by atoms with Crippen LogP contribution in [0.3, 0.4) is 0 Å². The fourth-order valence-corrected chi connectivity index (χ4v) is 14.8. The van der Waals surface area contributed by atoms with E-state index >= 15 is 0 Å². The number of imide groups is 2. The van der Waals surface area contributed by atoms with Gasteiger partial charge in [0.2, 0.25) is 0 Å². The highest BCUT2D eigenvalue weighted by Crippen LogP contribution is 2.42. The molecule has 2 aromatic carbocycles. The van der Waals surface area contributed by atoms with Crippen LogP contribution in [0.2, 0.25) is 0 Å². The van der Waals surface area contributed by atoms with Gasteiger partial charge in [-0.05, 0) is 161 Å². The molecule has 334 valence electrons. The van der Waals surface area contributed by atoms with E-state index in [4.69, 9.17) is 11.5 Å². The second-order valence-corrected chi connectivity index (χ2v) is 19.3. The number of nitrogens with two attached hydrogens (primary N) is 2. The Morgan fingerprint density at radius 1 is 0.533 bits per heavy atom. The highest BCUT2D eigenvalue weighted by atomic mass is 127. The van der Waals surface area contributed by atoms with E-state index in [1.165, 1.54) is 0 Å². The summed E-state index contributed by atoms with van der Waals surface area (Å²) in [5, 5.41) is 97.2. The van der Waals surface area contributed by atoms with E-state index in [1.54, 1.807) is 136 Å². The summed E-state index contributed by atoms with van der Waals surface area (Å²) in [6.07, 6.45) is -8.22. The van der Waals surface area contributed by atoms with Crippen LogP contribution >= 0.6 is 136 Å². The monoisotopic (exact) mass is 1520 g/mol. The molecule has 60 heavy (non-hydrogen) atoms. The summed E-state index contributed by atoms with van der Waals surface area (Å²) < 4.78 is 0.386. The fraction of sp³-hybridized carbons (Fsp3) is 0.455. The number of hydrogen-bond acceptors (Lipinski definition) is 15. The van der Waals surface area contributed by atoms with Gasteiger partial charge in [-0.3, -0.25) is 29.0 Å². The number of aliphatic hydroxyl groups is 9. The van der Waals surface area contributed by atoms with Gasteiger partial charge in [-0.15, -0.1) is 0 Å². The molecule has 21 nitrogen and oxygen atoms in total. The Morgan fingerprint density at radius 2 is 0.833 bits per heavy atom. The summed E-state index contributed by atoms with van der Waals surface area (Å²) in [5.41, 5.74) is 10.5. The van der Waals surface area contributed by atoms with E-state index in [-0.39, 0.29) is 55.0 Å². The molecule has 0 bridgehead atoms. The number of hydrogen-bond donors (Lipinski definition) is 13. The Kier molecular flexibility index (Phi) is 22.7. The number of carbonyl (C=O) groups excluding carboxylic acids is 6. The molecule has 15 N–H and O–H groups in total. The molecule has 0 spiro atoms. The normalized spacial score (nSPS) is 14.9. The van der Waals surface area contributed by atoms with E-state index < -0.39 is 118 Å². The molecule has 8 amide bonds. The quantitative estimate of drug-likeness (QED) is 0.0868. The average molecular weight is 1520 g/mol. The molecule has 0 saturated carbocycles. The molecule has 0 aliphatic rings. The van der Waals surface area contributed by atoms with E-state index in [0.29, 0.717) is 9.80 Å². The summed E-state index contributed by atoms with van der Waals surface area (Å²) in [4.78, 5) is 80.4. The van der Waals surface area contributed by atoms with Crippen LogP contribution in [0.1, 0.15) is 57.5 Å². The number of primary amides is 2. The maximum atomic E-state index is 14.3. The number of halogens is 6. The third-order valence-electron chi connectivity index (χ3n) is 8.63. The SMILES string of the molecule is CC(O)C(=O)Nc1c(I)c(C(=O)N(CC(O)CN(C(N)=O)C(=O)c2c(I)c(NC(=O)C(C)O)c(I)c(C(CO)C(O)CO)c2I)C(N)=O)c(I)c(C(CO)C(O)CO)c1I. The maximum absolute atomic E-state index is 14.3. The lowest BCUT2D eigenvalue weighted by atomic mass is 9.92. The lowest BCUT2D eigenvalue weighted by Crippen LogP contribution is -2.51. The van der Waals surface area contributed by atoms with Crippen molar-refractivity contribution in [3.8, 4) is 0 Å². The van der Waals surface area contributed by atoms with E-state index in [0.717, 1.165) is 13.8 Å². The van der Waals surface area contributed by atoms with E-state index in [1.807, 2.05) is 0 Å². The number of rotatable bonds is 18. The molecule has 6 atom stereocenters. The van der Waals surface area contributed by atoms with Crippen molar-refractivity contribution in [3.05, 3.63) is 43.7 Å².